The summed E-state index contributed by atoms with van der Waals surface area (Å²) in [6.45, 7) is 2.10. The van der Waals surface area contributed by atoms with Gasteiger partial charge in [-0.05, 0) is 24.1 Å². The number of nitrogens with zero attached hydrogens (tertiary/aromatic N) is 3. The molecule has 0 aliphatic heterocycles. The summed E-state index contributed by atoms with van der Waals surface area (Å²) in [4.78, 5) is 4.36. The SMILES string of the molecule is CCc1cccnc1C(N)c1ccn(C)n1. The molecule has 0 fully saturated rings. The van der Waals surface area contributed by atoms with E-state index in [4.69, 9.17) is 5.73 Å². The maximum absolute atomic E-state index is 6.17. The van der Waals surface area contributed by atoms with E-state index in [9.17, 15) is 0 Å². The minimum Gasteiger partial charge on any atom is -0.318 e. The van der Waals surface area contributed by atoms with Crippen molar-refractivity contribution in [3.8, 4) is 0 Å². The van der Waals surface area contributed by atoms with Crippen LogP contribution in [0.1, 0.15) is 29.9 Å². The van der Waals surface area contributed by atoms with Crippen LogP contribution in [0.5, 0.6) is 0 Å². The smallest absolute Gasteiger partial charge is 0.0921 e. The molecule has 0 radical (unpaired) electrons. The average Bonchev–Trinajstić information content (AvgIpc) is 2.75. The van der Waals surface area contributed by atoms with Gasteiger partial charge >= 0.3 is 0 Å². The zero-order valence-electron chi connectivity index (χ0n) is 9.59. The van der Waals surface area contributed by atoms with Crippen LogP contribution in [0.25, 0.3) is 0 Å². The van der Waals surface area contributed by atoms with Gasteiger partial charge in [0.1, 0.15) is 0 Å². The Bertz CT molecular complexity index is 475. The number of aryl methyl sites for hydroxylation is 2. The Morgan fingerprint density at radius 2 is 2.25 bits per heavy atom. The van der Waals surface area contributed by atoms with E-state index in [2.05, 4.69) is 23.1 Å². The Morgan fingerprint density at radius 3 is 2.88 bits per heavy atom. The van der Waals surface area contributed by atoms with Crippen LogP contribution in [0.3, 0.4) is 0 Å². The molecule has 0 amide bonds. The zero-order chi connectivity index (χ0) is 11.5. The maximum Gasteiger partial charge on any atom is 0.0921 e. The van der Waals surface area contributed by atoms with Gasteiger partial charge in [-0.1, -0.05) is 13.0 Å². The second-order valence-corrected chi connectivity index (χ2v) is 3.79. The highest BCUT2D eigenvalue weighted by molar-refractivity contribution is 5.28. The van der Waals surface area contributed by atoms with Crippen molar-refractivity contribution >= 4 is 0 Å². The Labute approximate surface area is 95.1 Å². The number of hydrogen-bond acceptors (Lipinski definition) is 3. The van der Waals surface area contributed by atoms with Crippen LogP contribution in [-0.2, 0) is 13.5 Å². The predicted molar refractivity (Wildman–Crippen MR) is 62.9 cm³/mol. The highest BCUT2D eigenvalue weighted by Crippen LogP contribution is 2.19. The van der Waals surface area contributed by atoms with E-state index in [1.165, 1.54) is 5.56 Å². The number of aromatic nitrogens is 3. The van der Waals surface area contributed by atoms with Crippen molar-refractivity contribution in [3.05, 3.63) is 47.5 Å². The van der Waals surface area contributed by atoms with E-state index in [0.29, 0.717) is 0 Å². The normalized spacial score (nSPS) is 12.7. The summed E-state index contributed by atoms with van der Waals surface area (Å²) in [5, 5.41) is 4.31. The summed E-state index contributed by atoms with van der Waals surface area (Å²) in [7, 11) is 1.88. The molecule has 2 aromatic heterocycles. The quantitative estimate of drug-likeness (QED) is 0.844. The fraction of sp³-hybridized carbons (Fsp3) is 0.333. The minimum atomic E-state index is -0.239. The van der Waals surface area contributed by atoms with Crippen LogP contribution < -0.4 is 5.73 Å². The molecular formula is C12H16N4. The molecule has 1 unspecified atom stereocenters. The van der Waals surface area contributed by atoms with Crippen molar-refractivity contribution in [2.75, 3.05) is 0 Å². The van der Waals surface area contributed by atoms with Crippen molar-refractivity contribution in [3.63, 3.8) is 0 Å². The molecule has 2 rings (SSSR count). The molecule has 16 heavy (non-hydrogen) atoms. The van der Waals surface area contributed by atoms with Crippen molar-refractivity contribution < 1.29 is 0 Å². The first kappa shape index (κ1) is 10.8. The van der Waals surface area contributed by atoms with Crippen LogP contribution in [0.15, 0.2) is 30.6 Å². The van der Waals surface area contributed by atoms with Crippen molar-refractivity contribution in [1.29, 1.82) is 0 Å². The summed E-state index contributed by atoms with van der Waals surface area (Å²) >= 11 is 0. The van der Waals surface area contributed by atoms with Gasteiger partial charge in [0, 0.05) is 19.4 Å². The van der Waals surface area contributed by atoms with Gasteiger partial charge in [-0.25, -0.2) is 0 Å². The molecular weight excluding hydrogens is 200 g/mol. The maximum atomic E-state index is 6.17. The fourth-order valence-electron chi connectivity index (χ4n) is 1.77. The van der Waals surface area contributed by atoms with Gasteiger partial charge < -0.3 is 5.73 Å². The first-order chi connectivity index (χ1) is 7.72. The van der Waals surface area contributed by atoms with Gasteiger partial charge in [-0.2, -0.15) is 5.10 Å². The molecule has 0 bridgehead atoms. The number of pyridine rings is 1. The van der Waals surface area contributed by atoms with Gasteiger partial charge in [0.2, 0.25) is 0 Å². The van der Waals surface area contributed by atoms with Crippen LogP contribution in [-0.4, -0.2) is 14.8 Å². The van der Waals surface area contributed by atoms with Crippen LogP contribution >= 0.6 is 0 Å². The number of hydrogen-bond donors (Lipinski definition) is 1. The Hall–Kier alpha value is -1.68. The lowest BCUT2D eigenvalue weighted by atomic mass is 10.0. The molecule has 4 heteroatoms. The molecule has 0 aromatic carbocycles. The molecule has 2 aromatic rings. The molecule has 2 N–H and O–H groups in total. The van der Waals surface area contributed by atoms with Crippen molar-refractivity contribution in [2.45, 2.75) is 19.4 Å². The van der Waals surface area contributed by atoms with Gasteiger partial charge in [0.25, 0.3) is 0 Å². The second kappa shape index (κ2) is 4.45. The Morgan fingerprint density at radius 1 is 1.44 bits per heavy atom. The van der Waals surface area contributed by atoms with E-state index in [1.54, 1.807) is 10.9 Å². The number of rotatable bonds is 3. The summed E-state index contributed by atoms with van der Waals surface area (Å²) < 4.78 is 1.75. The molecule has 2 heterocycles. The van der Waals surface area contributed by atoms with Crippen LogP contribution in [0.2, 0.25) is 0 Å². The molecule has 0 aliphatic rings. The molecule has 84 valence electrons. The van der Waals surface area contributed by atoms with Crippen LogP contribution in [0.4, 0.5) is 0 Å². The Kier molecular flexibility index (Phi) is 3.01. The first-order valence-corrected chi connectivity index (χ1v) is 5.41. The third-order valence-electron chi connectivity index (χ3n) is 2.65. The number of nitrogens with two attached hydrogens (primary N) is 1. The Balaban J connectivity index is 2.36. The molecule has 1 atom stereocenters. The lowest BCUT2D eigenvalue weighted by Gasteiger charge is -2.12. The third kappa shape index (κ3) is 1.97. The second-order valence-electron chi connectivity index (χ2n) is 3.79. The van der Waals surface area contributed by atoms with Gasteiger partial charge in [0.05, 0.1) is 17.4 Å². The van der Waals surface area contributed by atoms with Crippen LogP contribution in [0, 0.1) is 0 Å². The highest BCUT2D eigenvalue weighted by atomic mass is 15.3. The fourth-order valence-corrected chi connectivity index (χ4v) is 1.77. The first-order valence-electron chi connectivity index (χ1n) is 5.41. The molecule has 0 saturated carbocycles. The molecule has 0 saturated heterocycles. The monoisotopic (exact) mass is 216 g/mol. The topological polar surface area (TPSA) is 56.7 Å². The van der Waals surface area contributed by atoms with E-state index in [1.807, 2.05) is 25.4 Å². The van der Waals surface area contributed by atoms with E-state index < -0.39 is 0 Å². The van der Waals surface area contributed by atoms with E-state index in [0.717, 1.165) is 17.8 Å². The highest BCUT2D eigenvalue weighted by Gasteiger charge is 2.15. The van der Waals surface area contributed by atoms with Crippen molar-refractivity contribution in [1.82, 2.24) is 14.8 Å². The summed E-state index contributed by atoms with van der Waals surface area (Å²) in [6.07, 6.45) is 4.60. The standard InChI is InChI=1S/C12H16N4/c1-3-9-5-4-7-14-12(9)11(13)10-6-8-16(2)15-10/h4-8,11H,3,13H2,1-2H3. The summed E-state index contributed by atoms with van der Waals surface area (Å²) in [5.41, 5.74) is 9.13. The largest absolute Gasteiger partial charge is 0.318 e. The summed E-state index contributed by atoms with van der Waals surface area (Å²) in [6, 6.07) is 5.69. The molecule has 4 nitrogen and oxygen atoms in total. The predicted octanol–water partition coefficient (Wildman–Crippen LogP) is 1.43. The van der Waals surface area contributed by atoms with Gasteiger partial charge in [-0.15, -0.1) is 0 Å². The van der Waals surface area contributed by atoms with Gasteiger partial charge in [0.15, 0.2) is 0 Å². The van der Waals surface area contributed by atoms with E-state index >= 15 is 0 Å². The minimum absolute atomic E-state index is 0.239. The molecule has 0 aliphatic carbocycles. The van der Waals surface area contributed by atoms with Crippen molar-refractivity contribution in [2.24, 2.45) is 12.8 Å². The lowest BCUT2D eigenvalue weighted by Crippen LogP contribution is -2.16. The average molecular weight is 216 g/mol. The van der Waals surface area contributed by atoms with Gasteiger partial charge in [-0.3, -0.25) is 9.67 Å². The molecule has 0 spiro atoms. The van der Waals surface area contributed by atoms with E-state index in [-0.39, 0.29) is 6.04 Å². The third-order valence-corrected chi connectivity index (χ3v) is 2.65. The zero-order valence-corrected chi connectivity index (χ0v) is 9.59. The summed E-state index contributed by atoms with van der Waals surface area (Å²) in [5.74, 6) is 0. The lowest BCUT2D eigenvalue weighted by molar-refractivity contribution is 0.702.